The lowest BCUT2D eigenvalue weighted by molar-refractivity contribution is 0.0874. The standard InChI is InChI=1S/C15H20N2O3/c1-4-11-7-8-14(20-11)12(10-19-3)16-15(18)13-6-5-9-17(13)2/h5-9,12H,4,10H2,1-3H3,(H,16,18)/t12-/m1/s1. The van der Waals surface area contributed by atoms with E-state index in [1.807, 2.05) is 38.4 Å². The lowest BCUT2D eigenvalue weighted by Gasteiger charge is -2.16. The molecule has 0 saturated carbocycles. The van der Waals surface area contributed by atoms with E-state index in [9.17, 15) is 4.79 Å². The number of hydrogen-bond donors (Lipinski definition) is 1. The highest BCUT2D eigenvalue weighted by atomic mass is 16.5. The molecule has 1 N–H and O–H groups in total. The van der Waals surface area contributed by atoms with Crippen molar-refractivity contribution in [3.8, 4) is 0 Å². The van der Waals surface area contributed by atoms with E-state index < -0.39 is 0 Å². The predicted molar refractivity (Wildman–Crippen MR) is 75.6 cm³/mol. The molecule has 5 heteroatoms. The Hall–Kier alpha value is -2.01. The first kappa shape index (κ1) is 14.4. The van der Waals surface area contributed by atoms with E-state index in [4.69, 9.17) is 9.15 Å². The molecule has 0 spiro atoms. The van der Waals surface area contributed by atoms with E-state index in [-0.39, 0.29) is 11.9 Å². The predicted octanol–water partition coefficient (Wildman–Crippen LogP) is 2.30. The van der Waals surface area contributed by atoms with Gasteiger partial charge in [-0.3, -0.25) is 4.79 Å². The van der Waals surface area contributed by atoms with Gasteiger partial charge in [0.15, 0.2) is 0 Å². The quantitative estimate of drug-likeness (QED) is 0.880. The number of nitrogens with one attached hydrogen (secondary N) is 1. The Morgan fingerprint density at radius 1 is 1.45 bits per heavy atom. The van der Waals surface area contributed by atoms with E-state index >= 15 is 0 Å². The van der Waals surface area contributed by atoms with Crippen molar-refractivity contribution in [3.05, 3.63) is 47.7 Å². The fraction of sp³-hybridized carbons (Fsp3) is 0.400. The molecule has 0 aliphatic heterocycles. The van der Waals surface area contributed by atoms with E-state index in [0.29, 0.717) is 18.1 Å². The number of ether oxygens (including phenoxy) is 1. The first-order chi connectivity index (χ1) is 9.65. The third kappa shape index (κ3) is 3.11. The van der Waals surface area contributed by atoms with Crippen molar-refractivity contribution in [2.24, 2.45) is 7.05 Å². The maximum atomic E-state index is 12.2. The molecule has 1 amide bonds. The zero-order valence-corrected chi connectivity index (χ0v) is 12.1. The number of nitrogens with zero attached hydrogens (tertiary/aromatic N) is 1. The number of aryl methyl sites for hydroxylation is 2. The van der Waals surface area contributed by atoms with Gasteiger partial charge in [-0.05, 0) is 24.3 Å². The normalized spacial score (nSPS) is 12.3. The minimum atomic E-state index is -0.289. The highest BCUT2D eigenvalue weighted by Crippen LogP contribution is 2.18. The van der Waals surface area contributed by atoms with Gasteiger partial charge in [-0.15, -0.1) is 0 Å². The van der Waals surface area contributed by atoms with Gasteiger partial charge >= 0.3 is 0 Å². The van der Waals surface area contributed by atoms with Gasteiger partial charge in [0.25, 0.3) is 5.91 Å². The first-order valence-electron chi connectivity index (χ1n) is 6.65. The molecule has 0 aliphatic rings. The third-order valence-electron chi connectivity index (χ3n) is 3.19. The van der Waals surface area contributed by atoms with Crippen molar-refractivity contribution in [1.29, 1.82) is 0 Å². The lowest BCUT2D eigenvalue weighted by atomic mass is 10.2. The molecule has 0 unspecified atom stereocenters. The van der Waals surface area contributed by atoms with Gasteiger partial charge in [0.05, 0.1) is 6.61 Å². The molecule has 2 heterocycles. The molecule has 20 heavy (non-hydrogen) atoms. The summed E-state index contributed by atoms with van der Waals surface area (Å²) < 4.78 is 12.6. The molecule has 0 aromatic carbocycles. The van der Waals surface area contributed by atoms with Crippen LogP contribution in [0.4, 0.5) is 0 Å². The Labute approximate surface area is 118 Å². The van der Waals surface area contributed by atoms with Crippen LogP contribution in [-0.2, 0) is 18.2 Å². The average Bonchev–Trinajstić information content (AvgIpc) is 3.06. The van der Waals surface area contributed by atoms with Crippen molar-refractivity contribution in [1.82, 2.24) is 9.88 Å². The minimum absolute atomic E-state index is 0.144. The van der Waals surface area contributed by atoms with E-state index in [1.54, 1.807) is 17.7 Å². The van der Waals surface area contributed by atoms with E-state index in [1.165, 1.54) is 0 Å². The van der Waals surface area contributed by atoms with Crippen LogP contribution in [0, 0.1) is 0 Å². The van der Waals surface area contributed by atoms with Crippen LogP contribution in [-0.4, -0.2) is 24.2 Å². The lowest BCUT2D eigenvalue weighted by Crippen LogP contribution is -2.32. The molecular formula is C15H20N2O3. The topological polar surface area (TPSA) is 56.4 Å². The van der Waals surface area contributed by atoms with Gasteiger partial charge in [-0.1, -0.05) is 6.92 Å². The van der Waals surface area contributed by atoms with Gasteiger partial charge in [0.2, 0.25) is 0 Å². The van der Waals surface area contributed by atoms with Crippen LogP contribution in [0.1, 0.15) is 35.0 Å². The van der Waals surface area contributed by atoms with Crippen LogP contribution in [0.2, 0.25) is 0 Å². The zero-order valence-electron chi connectivity index (χ0n) is 12.1. The fourth-order valence-electron chi connectivity index (χ4n) is 2.06. The summed E-state index contributed by atoms with van der Waals surface area (Å²) in [7, 11) is 3.44. The molecule has 0 aliphatic carbocycles. The molecule has 108 valence electrons. The van der Waals surface area contributed by atoms with Crippen LogP contribution >= 0.6 is 0 Å². The minimum Gasteiger partial charge on any atom is -0.464 e. The average molecular weight is 276 g/mol. The number of carbonyl (C=O) groups excluding carboxylic acids is 1. The molecule has 2 rings (SSSR count). The first-order valence-corrected chi connectivity index (χ1v) is 6.65. The zero-order chi connectivity index (χ0) is 14.5. The Kier molecular flexibility index (Phi) is 4.63. The monoisotopic (exact) mass is 276 g/mol. The summed E-state index contributed by atoms with van der Waals surface area (Å²) in [5.74, 6) is 1.47. The summed E-state index contributed by atoms with van der Waals surface area (Å²) >= 11 is 0. The van der Waals surface area contributed by atoms with Gasteiger partial charge in [0, 0.05) is 26.8 Å². The number of hydrogen-bond acceptors (Lipinski definition) is 3. The highest BCUT2D eigenvalue weighted by molar-refractivity contribution is 5.92. The second-order valence-corrected chi connectivity index (χ2v) is 4.64. The summed E-state index contributed by atoms with van der Waals surface area (Å²) in [5, 5.41) is 2.94. The third-order valence-corrected chi connectivity index (χ3v) is 3.19. The van der Waals surface area contributed by atoms with Crippen LogP contribution < -0.4 is 5.32 Å². The van der Waals surface area contributed by atoms with Crippen molar-refractivity contribution in [3.63, 3.8) is 0 Å². The Morgan fingerprint density at radius 3 is 2.80 bits per heavy atom. The van der Waals surface area contributed by atoms with Gasteiger partial charge in [0.1, 0.15) is 23.3 Å². The molecule has 0 fully saturated rings. The molecule has 0 saturated heterocycles. The molecule has 2 aromatic rings. The van der Waals surface area contributed by atoms with Gasteiger partial charge in [-0.2, -0.15) is 0 Å². The second-order valence-electron chi connectivity index (χ2n) is 4.64. The smallest absolute Gasteiger partial charge is 0.268 e. The summed E-state index contributed by atoms with van der Waals surface area (Å²) in [6.07, 6.45) is 2.66. The van der Waals surface area contributed by atoms with Crippen LogP contribution in [0.15, 0.2) is 34.9 Å². The summed E-state index contributed by atoms with van der Waals surface area (Å²) in [6.45, 7) is 2.39. The SMILES string of the molecule is CCc1ccc([C@@H](COC)NC(=O)c2cccn2C)o1. The van der Waals surface area contributed by atoms with Crippen molar-refractivity contribution >= 4 is 5.91 Å². The number of methoxy groups -OCH3 is 1. The van der Waals surface area contributed by atoms with Gasteiger partial charge in [-0.25, -0.2) is 0 Å². The number of amides is 1. The van der Waals surface area contributed by atoms with E-state index in [0.717, 1.165) is 12.2 Å². The van der Waals surface area contributed by atoms with Crippen molar-refractivity contribution in [2.45, 2.75) is 19.4 Å². The van der Waals surface area contributed by atoms with Gasteiger partial charge < -0.3 is 19.0 Å². The van der Waals surface area contributed by atoms with E-state index in [2.05, 4.69) is 5.32 Å². The highest BCUT2D eigenvalue weighted by Gasteiger charge is 2.20. The summed E-state index contributed by atoms with van der Waals surface area (Å²) in [4.78, 5) is 12.2. The summed E-state index contributed by atoms with van der Waals surface area (Å²) in [5.41, 5.74) is 0.605. The van der Waals surface area contributed by atoms with Crippen LogP contribution in [0.3, 0.4) is 0 Å². The Morgan fingerprint density at radius 2 is 2.25 bits per heavy atom. The maximum Gasteiger partial charge on any atom is 0.268 e. The number of aromatic nitrogens is 1. The molecule has 0 radical (unpaired) electrons. The number of carbonyl (C=O) groups is 1. The van der Waals surface area contributed by atoms with Crippen LogP contribution in [0.25, 0.3) is 0 Å². The Balaban J connectivity index is 2.13. The molecule has 2 aromatic heterocycles. The molecule has 0 bridgehead atoms. The largest absolute Gasteiger partial charge is 0.464 e. The summed E-state index contributed by atoms with van der Waals surface area (Å²) in [6, 6.07) is 7.13. The maximum absolute atomic E-state index is 12.2. The van der Waals surface area contributed by atoms with Crippen molar-refractivity contribution < 1.29 is 13.9 Å². The molecule has 5 nitrogen and oxygen atoms in total. The Bertz CT molecular complexity index is 571. The molecule has 1 atom stereocenters. The fourth-order valence-corrected chi connectivity index (χ4v) is 2.06. The van der Waals surface area contributed by atoms with Crippen molar-refractivity contribution in [2.75, 3.05) is 13.7 Å². The number of rotatable bonds is 6. The second kappa shape index (κ2) is 6.43. The molecular weight excluding hydrogens is 256 g/mol. The van der Waals surface area contributed by atoms with Crippen LogP contribution in [0.5, 0.6) is 0 Å². The number of furan rings is 1.